The summed E-state index contributed by atoms with van der Waals surface area (Å²) >= 11 is 5.98. The van der Waals surface area contributed by atoms with Crippen LogP contribution in [0.2, 0.25) is 5.02 Å². The van der Waals surface area contributed by atoms with Crippen molar-refractivity contribution < 1.29 is 9.59 Å². The fourth-order valence-electron chi connectivity index (χ4n) is 2.67. The summed E-state index contributed by atoms with van der Waals surface area (Å²) in [6, 6.07) is 4.43. The second-order valence-corrected chi connectivity index (χ2v) is 6.43. The number of rotatable bonds is 3. The molecule has 21 heavy (non-hydrogen) atoms. The van der Waals surface area contributed by atoms with Crippen molar-refractivity contribution in [3.8, 4) is 0 Å². The highest BCUT2D eigenvalue weighted by atomic mass is 35.5. The summed E-state index contributed by atoms with van der Waals surface area (Å²) in [5.41, 5.74) is 5.90. The zero-order valence-corrected chi connectivity index (χ0v) is 13.0. The standard InChI is InChI=1S/C15H20ClN3O2/c1-15(2)6-3-7-18-12(15)14(21)19-9-4-5-10(13(17)20)11(16)8-9/h4-5,8,12,18H,3,6-7H2,1-2H3,(H2,17,20)(H,19,21). The van der Waals surface area contributed by atoms with Gasteiger partial charge in [0, 0.05) is 5.69 Å². The van der Waals surface area contributed by atoms with Crippen LogP contribution < -0.4 is 16.4 Å². The summed E-state index contributed by atoms with van der Waals surface area (Å²) in [6.07, 6.45) is 2.06. The summed E-state index contributed by atoms with van der Waals surface area (Å²) < 4.78 is 0. The summed E-state index contributed by atoms with van der Waals surface area (Å²) in [6.45, 7) is 4.99. The van der Waals surface area contributed by atoms with Crippen LogP contribution in [-0.2, 0) is 4.79 Å². The second-order valence-electron chi connectivity index (χ2n) is 6.03. The van der Waals surface area contributed by atoms with Gasteiger partial charge in [-0.15, -0.1) is 0 Å². The lowest BCUT2D eigenvalue weighted by Crippen LogP contribution is -2.53. The molecular formula is C15H20ClN3O2. The molecule has 1 aromatic carbocycles. The van der Waals surface area contributed by atoms with Crippen molar-refractivity contribution in [1.29, 1.82) is 0 Å². The van der Waals surface area contributed by atoms with Gasteiger partial charge in [-0.3, -0.25) is 9.59 Å². The Hall–Kier alpha value is -1.59. The van der Waals surface area contributed by atoms with Crippen LogP contribution in [0.15, 0.2) is 18.2 Å². The van der Waals surface area contributed by atoms with Crippen LogP contribution in [-0.4, -0.2) is 24.4 Å². The fourth-order valence-corrected chi connectivity index (χ4v) is 2.94. The monoisotopic (exact) mass is 309 g/mol. The zero-order valence-electron chi connectivity index (χ0n) is 12.2. The molecule has 114 valence electrons. The molecule has 2 rings (SSSR count). The van der Waals surface area contributed by atoms with Gasteiger partial charge < -0.3 is 16.4 Å². The second kappa shape index (κ2) is 6.03. The van der Waals surface area contributed by atoms with E-state index in [0.29, 0.717) is 5.69 Å². The highest BCUT2D eigenvalue weighted by molar-refractivity contribution is 6.34. The van der Waals surface area contributed by atoms with Crippen molar-refractivity contribution in [2.24, 2.45) is 11.1 Å². The number of piperidine rings is 1. The van der Waals surface area contributed by atoms with E-state index in [4.69, 9.17) is 17.3 Å². The number of carbonyl (C=O) groups is 2. The van der Waals surface area contributed by atoms with Gasteiger partial charge in [-0.05, 0) is 43.0 Å². The topological polar surface area (TPSA) is 84.2 Å². The van der Waals surface area contributed by atoms with E-state index in [1.165, 1.54) is 12.1 Å². The third-order valence-electron chi connectivity index (χ3n) is 3.89. The van der Waals surface area contributed by atoms with Gasteiger partial charge in [0.15, 0.2) is 0 Å². The van der Waals surface area contributed by atoms with Crippen LogP contribution in [0.3, 0.4) is 0 Å². The van der Waals surface area contributed by atoms with Crippen LogP contribution in [0, 0.1) is 5.41 Å². The van der Waals surface area contributed by atoms with Crippen molar-refractivity contribution in [3.05, 3.63) is 28.8 Å². The number of primary amides is 1. The average Bonchev–Trinajstić information content (AvgIpc) is 2.37. The van der Waals surface area contributed by atoms with Crippen LogP contribution in [0.1, 0.15) is 37.0 Å². The normalized spacial score (nSPS) is 20.8. The number of halogens is 1. The van der Waals surface area contributed by atoms with Gasteiger partial charge in [-0.25, -0.2) is 0 Å². The molecule has 5 nitrogen and oxygen atoms in total. The van der Waals surface area contributed by atoms with Crippen LogP contribution >= 0.6 is 11.6 Å². The minimum absolute atomic E-state index is 0.0948. The average molecular weight is 310 g/mol. The van der Waals surface area contributed by atoms with E-state index in [-0.39, 0.29) is 28.0 Å². The van der Waals surface area contributed by atoms with E-state index in [9.17, 15) is 9.59 Å². The molecule has 1 atom stereocenters. The van der Waals surface area contributed by atoms with Gasteiger partial charge in [0.25, 0.3) is 0 Å². The predicted octanol–water partition coefficient (Wildman–Crippen LogP) is 2.16. The Bertz CT molecular complexity index is 572. The van der Waals surface area contributed by atoms with E-state index < -0.39 is 5.91 Å². The van der Waals surface area contributed by atoms with Crippen LogP contribution in [0.4, 0.5) is 5.69 Å². The number of benzene rings is 1. The third-order valence-corrected chi connectivity index (χ3v) is 4.20. The summed E-state index contributed by atoms with van der Waals surface area (Å²) in [5.74, 6) is -0.685. The van der Waals surface area contributed by atoms with Crippen molar-refractivity contribution >= 4 is 29.1 Å². The molecule has 1 aromatic rings. The molecule has 0 radical (unpaired) electrons. The highest BCUT2D eigenvalue weighted by Crippen LogP contribution is 2.31. The van der Waals surface area contributed by atoms with Crippen molar-refractivity contribution in [2.45, 2.75) is 32.7 Å². The number of nitrogens with two attached hydrogens (primary N) is 1. The van der Waals surface area contributed by atoms with Gasteiger partial charge in [0.1, 0.15) is 0 Å². The molecule has 1 heterocycles. The summed E-state index contributed by atoms with van der Waals surface area (Å²) in [5, 5.41) is 6.32. The van der Waals surface area contributed by atoms with E-state index in [0.717, 1.165) is 19.4 Å². The Kier molecular flexibility index (Phi) is 4.54. The number of anilines is 1. The number of carbonyl (C=O) groups excluding carboxylic acids is 2. The highest BCUT2D eigenvalue weighted by Gasteiger charge is 2.37. The predicted molar refractivity (Wildman–Crippen MR) is 83.4 cm³/mol. The number of nitrogens with one attached hydrogen (secondary N) is 2. The molecule has 2 amide bonds. The SMILES string of the molecule is CC1(C)CCCNC1C(=O)Nc1ccc(C(N)=O)c(Cl)c1. The van der Waals surface area contributed by atoms with Gasteiger partial charge in [0.2, 0.25) is 11.8 Å². The Morgan fingerprint density at radius 1 is 1.43 bits per heavy atom. The van der Waals surface area contributed by atoms with E-state index in [1.54, 1.807) is 6.07 Å². The molecule has 1 fully saturated rings. The van der Waals surface area contributed by atoms with Gasteiger partial charge >= 0.3 is 0 Å². The minimum atomic E-state index is -0.590. The molecule has 1 aliphatic rings. The lowest BCUT2D eigenvalue weighted by atomic mass is 9.77. The lowest BCUT2D eigenvalue weighted by Gasteiger charge is -2.38. The quantitative estimate of drug-likeness (QED) is 0.800. The van der Waals surface area contributed by atoms with E-state index >= 15 is 0 Å². The smallest absolute Gasteiger partial charge is 0.250 e. The fraction of sp³-hybridized carbons (Fsp3) is 0.467. The Labute approximate surface area is 129 Å². The molecule has 6 heteroatoms. The Morgan fingerprint density at radius 3 is 2.71 bits per heavy atom. The molecular weight excluding hydrogens is 290 g/mol. The first kappa shape index (κ1) is 15.8. The number of amides is 2. The van der Waals surface area contributed by atoms with E-state index in [2.05, 4.69) is 24.5 Å². The van der Waals surface area contributed by atoms with Crippen molar-refractivity contribution in [1.82, 2.24) is 5.32 Å². The minimum Gasteiger partial charge on any atom is -0.366 e. The molecule has 1 aliphatic heterocycles. The maximum absolute atomic E-state index is 12.4. The largest absolute Gasteiger partial charge is 0.366 e. The molecule has 0 spiro atoms. The third kappa shape index (κ3) is 3.54. The molecule has 0 aromatic heterocycles. The summed E-state index contributed by atoms with van der Waals surface area (Å²) in [4.78, 5) is 23.5. The maximum Gasteiger partial charge on any atom is 0.250 e. The molecule has 0 aliphatic carbocycles. The zero-order chi connectivity index (χ0) is 15.6. The first-order valence-electron chi connectivity index (χ1n) is 6.95. The van der Waals surface area contributed by atoms with Gasteiger partial charge in [-0.1, -0.05) is 25.4 Å². The first-order valence-corrected chi connectivity index (χ1v) is 7.33. The van der Waals surface area contributed by atoms with Crippen LogP contribution in [0.5, 0.6) is 0 Å². The number of hydrogen-bond donors (Lipinski definition) is 3. The van der Waals surface area contributed by atoms with Crippen molar-refractivity contribution in [3.63, 3.8) is 0 Å². The van der Waals surface area contributed by atoms with Crippen molar-refractivity contribution in [2.75, 3.05) is 11.9 Å². The summed E-state index contributed by atoms with van der Waals surface area (Å²) in [7, 11) is 0. The molecule has 4 N–H and O–H groups in total. The van der Waals surface area contributed by atoms with Gasteiger partial charge in [-0.2, -0.15) is 0 Å². The molecule has 1 saturated heterocycles. The lowest BCUT2D eigenvalue weighted by molar-refractivity contribution is -0.121. The van der Waals surface area contributed by atoms with Gasteiger partial charge in [0.05, 0.1) is 16.6 Å². The Morgan fingerprint density at radius 2 is 2.14 bits per heavy atom. The van der Waals surface area contributed by atoms with Crippen LogP contribution in [0.25, 0.3) is 0 Å². The molecule has 1 unspecified atom stereocenters. The molecule has 0 bridgehead atoms. The maximum atomic E-state index is 12.4. The Balaban J connectivity index is 2.12. The first-order chi connectivity index (χ1) is 9.81. The number of hydrogen-bond acceptors (Lipinski definition) is 3. The van der Waals surface area contributed by atoms with E-state index in [1.807, 2.05) is 0 Å². The molecule has 0 saturated carbocycles.